The maximum atomic E-state index is 11.5. The van der Waals surface area contributed by atoms with Crippen LogP contribution in [0.15, 0.2) is 11.1 Å². The SMILES string of the molecule is O=c1[nH]cnc2c(CN3C[C@H](CO)[C@H](O)C3)n[nH]c12. The van der Waals surface area contributed by atoms with Gasteiger partial charge in [-0.3, -0.25) is 14.8 Å². The van der Waals surface area contributed by atoms with E-state index in [1.165, 1.54) is 6.33 Å². The van der Waals surface area contributed by atoms with Crippen LogP contribution in [0.4, 0.5) is 0 Å². The number of aliphatic hydroxyl groups is 2. The van der Waals surface area contributed by atoms with Crippen molar-refractivity contribution >= 4 is 11.0 Å². The highest BCUT2D eigenvalue weighted by Gasteiger charge is 2.31. The van der Waals surface area contributed by atoms with Crippen LogP contribution in [0.5, 0.6) is 0 Å². The highest BCUT2D eigenvalue weighted by Crippen LogP contribution is 2.20. The fraction of sp³-hybridized carbons (Fsp3) is 0.545. The Morgan fingerprint density at radius 2 is 2.32 bits per heavy atom. The summed E-state index contributed by atoms with van der Waals surface area (Å²) in [7, 11) is 0. The number of hydrogen-bond donors (Lipinski definition) is 4. The van der Waals surface area contributed by atoms with E-state index in [-0.39, 0.29) is 18.1 Å². The van der Waals surface area contributed by atoms with Crippen molar-refractivity contribution in [3.8, 4) is 0 Å². The number of aromatic amines is 2. The number of β-amino-alcohol motifs (C(OH)–C–C–N with tert-alkyl or cyclic N) is 1. The molecule has 1 aliphatic heterocycles. The van der Waals surface area contributed by atoms with Crippen molar-refractivity contribution < 1.29 is 10.2 Å². The van der Waals surface area contributed by atoms with Crippen LogP contribution in [-0.4, -0.2) is 61.1 Å². The molecule has 2 aromatic heterocycles. The van der Waals surface area contributed by atoms with Gasteiger partial charge in [-0.2, -0.15) is 5.10 Å². The minimum absolute atomic E-state index is 0.0309. The smallest absolute Gasteiger partial charge is 0.276 e. The molecule has 102 valence electrons. The van der Waals surface area contributed by atoms with Crippen molar-refractivity contribution in [2.24, 2.45) is 5.92 Å². The lowest BCUT2D eigenvalue weighted by Gasteiger charge is -2.12. The molecule has 3 heterocycles. The number of H-pyrrole nitrogens is 2. The molecular formula is C11H15N5O3. The summed E-state index contributed by atoms with van der Waals surface area (Å²) in [6, 6.07) is 0. The first kappa shape index (κ1) is 12.3. The van der Waals surface area contributed by atoms with Crippen LogP contribution in [0.2, 0.25) is 0 Å². The molecule has 3 rings (SSSR count). The molecule has 0 unspecified atom stereocenters. The number of rotatable bonds is 3. The molecule has 0 radical (unpaired) electrons. The molecule has 2 aromatic rings. The molecule has 0 spiro atoms. The van der Waals surface area contributed by atoms with Gasteiger partial charge in [0.25, 0.3) is 5.56 Å². The van der Waals surface area contributed by atoms with E-state index in [0.717, 1.165) is 0 Å². The van der Waals surface area contributed by atoms with Crippen molar-refractivity contribution in [2.75, 3.05) is 19.7 Å². The molecule has 1 fully saturated rings. The van der Waals surface area contributed by atoms with E-state index in [0.29, 0.717) is 36.4 Å². The minimum atomic E-state index is -0.522. The maximum Gasteiger partial charge on any atom is 0.276 e. The van der Waals surface area contributed by atoms with Crippen LogP contribution in [0.1, 0.15) is 5.69 Å². The minimum Gasteiger partial charge on any atom is -0.396 e. The van der Waals surface area contributed by atoms with Crippen LogP contribution in [-0.2, 0) is 6.54 Å². The van der Waals surface area contributed by atoms with E-state index in [2.05, 4.69) is 20.2 Å². The average Bonchev–Trinajstić information content (AvgIpc) is 2.95. The molecule has 8 heteroatoms. The van der Waals surface area contributed by atoms with E-state index in [1.54, 1.807) is 0 Å². The third kappa shape index (κ3) is 2.14. The number of nitrogens with zero attached hydrogens (tertiary/aromatic N) is 3. The number of hydrogen-bond acceptors (Lipinski definition) is 6. The van der Waals surface area contributed by atoms with E-state index in [9.17, 15) is 9.90 Å². The van der Waals surface area contributed by atoms with Gasteiger partial charge in [0.1, 0.15) is 16.7 Å². The average molecular weight is 265 g/mol. The molecule has 8 nitrogen and oxygen atoms in total. The lowest BCUT2D eigenvalue weighted by Crippen LogP contribution is -2.22. The fourth-order valence-electron chi connectivity index (χ4n) is 2.47. The van der Waals surface area contributed by atoms with Gasteiger partial charge in [0.05, 0.1) is 12.4 Å². The Morgan fingerprint density at radius 1 is 1.47 bits per heavy atom. The van der Waals surface area contributed by atoms with Crippen LogP contribution in [0, 0.1) is 5.92 Å². The van der Waals surface area contributed by atoms with Crippen LogP contribution in [0.25, 0.3) is 11.0 Å². The van der Waals surface area contributed by atoms with Crippen molar-refractivity contribution in [1.29, 1.82) is 0 Å². The number of likely N-dealkylation sites (tertiary alicyclic amines) is 1. The second kappa shape index (κ2) is 4.72. The Labute approximate surface area is 108 Å². The first-order valence-corrected chi connectivity index (χ1v) is 6.11. The zero-order valence-corrected chi connectivity index (χ0v) is 10.2. The molecule has 2 atom stereocenters. The van der Waals surface area contributed by atoms with Crippen molar-refractivity contribution in [1.82, 2.24) is 25.1 Å². The summed E-state index contributed by atoms with van der Waals surface area (Å²) in [4.78, 5) is 20.1. The summed E-state index contributed by atoms with van der Waals surface area (Å²) in [5.74, 6) is -0.124. The lowest BCUT2D eigenvalue weighted by atomic mass is 10.1. The molecule has 19 heavy (non-hydrogen) atoms. The standard InChI is InChI=1S/C11H15N5O3/c17-4-6-1-16(3-8(6)18)2-7-9-10(15-14-7)11(19)13-5-12-9/h5-6,8,17-18H,1-4H2,(H,14,15)(H,12,13,19)/t6-,8-/m1/s1. The van der Waals surface area contributed by atoms with Crippen molar-refractivity contribution in [2.45, 2.75) is 12.6 Å². The Kier molecular flexibility index (Phi) is 3.05. The van der Waals surface area contributed by atoms with Crippen molar-refractivity contribution in [3.05, 3.63) is 22.4 Å². The summed E-state index contributed by atoms with van der Waals surface area (Å²) in [6.07, 6.45) is 0.825. The number of aliphatic hydroxyl groups excluding tert-OH is 2. The van der Waals surface area contributed by atoms with E-state index in [4.69, 9.17) is 5.11 Å². The van der Waals surface area contributed by atoms with Gasteiger partial charge in [-0.15, -0.1) is 0 Å². The molecular weight excluding hydrogens is 250 g/mol. The van der Waals surface area contributed by atoms with Gasteiger partial charge in [-0.05, 0) is 0 Å². The topological polar surface area (TPSA) is 118 Å². The van der Waals surface area contributed by atoms with Gasteiger partial charge in [-0.25, -0.2) is 4.98 Å². The molecule has 0 aromatic carbocycles. The molecule has 0 saturated carbocycles. The van der Waals surface area contributed by atoms with Gasteiger partial charge in [0.2, 0.25) is 0 Å². The molecule has 0 aliphatic carbocycles. The predicted molar refractivity (Wildman–Crippen MR) is 66.4 cm³/mol. The predicted octanol–water partition coefficient (Wildman–Crippen LogP) is -1.57. The summed E-state index contributed by atoms with van der Waals surface area (Å²) >= 11 is 0. The Balaban J connectivity index is 1.83. The van der Waals surface area contributed by atoms with Crippen LogP contribution >= 0.6 is 0 Å². The van der Waals surface area contributed by atoms with E-state index < -0.39 is 6.10 Å². The Morgan fingerprint density at radius 3 is 3.05 bits per heavy atom. The summed E-state index contributed by atoms with van der Waals surface area (Å²) in [5, 5.41) is 25.6. The molecule has 0 amide bonds. The maximum absolute atomic E-state index is 11.5. The van der Waals surface area contributed by atoms with Gasteiger partial charge < -0.3 is 15.2 Å². The third-order valence-corrected chi connectivity index (χ3v) is 3.52. The summed E-state index contributed by atoms with van der Waals surface area (Å²) in [5.41, 5.74) is 1.33. The zero-order valence-electron chi connectivity index (χ0n) is 10.2. The van der Waals surface area contributed by atoms with E-state index >= 15 is 0 Å². The highest BCUT2D eigenvalue weighted by molar-refractivity contribution is 5.75. The quantitative estimate of drug-likeness (QED) is 0.532. The number of nitrogens with one attached hydrogen (secondary N) is 2. The Hall–Kier alpha value is -1.77. The van der Waals surface area contributed by atoms with Crippen molar-refractivity contribution in [3.63, 3.8) is 0 Å². The molecule has 1 aliphatic rings. The number of fused-ring (bicyclic) bond motifs is 1. The van der Waals surface area contributed by atoms with E-state index in [1.807, 2.05) is 4.90 Å². The third-order valence-electron chi connectivity index (χ3n) is 3.52. The van der Waals surface area contributed by atoms with Gasteiger partial charge in [-0.1, -0.05) is 0 Å². The van der Waals surface area contributed by atoms with Crippen LogP contribution < -0.4 is 5.56 Å². The van der Waals surface area contributed by atoms with Crippen LogP contribution in [0.3, 0.4) is 0 Å². The number of aromatic nitrogens is 4. The van der Waals surface area contributed by atoms with Gasteiger partial charge >= 0.3 is 0 Å². The molecule has 4 N–H and O–H groups in total. The normalized spacial score (nSPS) is 24.3. The molecule has 1 saturated heterocycles. The first-order valence-electron chi connectivity index (χ1n) is 6.11. The fourth-order valence-corrected chi connectivity index (χ4v) is 2.47. The van der Waals surface area contributed by atoms with Gasteiger partial charge in [0.15, 0.2) is 0 Å². The summed E-state index contributed by atoms with van der Waals surface area (Å²) in [6.45, 7) is 1.55. The largest absolute Gasteiger partial charge is 0.396 e. The lowest BCUT2D eigenvalue weighted by molar-refractivity contribution is 0.103. The molecule has 0 bridgehead atoms. The van der Waals surface area contributed by atoms with Gasteiger partial charge in [0, 0.05) is 32.2 Å². The monoisotopic (exact) mass is 265 g/mol. The second-order valence-electron chi connectivity index (χ2n) is 4.83. The zero-order chi connectivity index (χ0) is 13.4. The summed E-state index contributed by atoms with van der Waals surface area (Å²) < 4.78 is 0. The Bertz CT molecular complexity index is 637. The highest BCUT2D eigenvalue weighted by atomic mass is 16.3. The second-order valence-corrected chi connectivity index (χ2v) is 4.83. The first-order chi connectivity index (χ1) is 9.19.